The van der Waals surface area contributed by atoms with Gasteiger partial charge < -0.3 is 4.74 Å². The molecule has 3 nitrogen and oxygen atoms in total. The second-order valence-electron chi connectivity index (χ2n) is 4.80. The van der Waals surface area contributed by atoms with Crippen molar-refractivity contribution in [3.63, 3.8) is 0 Å². The van der Waals surface area contributed by atoms with E-state index in [1.54, 1.807) is 13.8 Å². The molecular weight excluding hydrogens is 360 g/mol. The van der Waals surface area contributed by atoms with E-state index in [-0.39, 0.29) is 17.2 Å². The molecule has 0 unspecified atom stereocenters. The van der Waals surface area contributed by atoms with Gasteiger partial charge >= 0.3 is 24.0 Å². The molecule has 0 aromatic carbocycles. The fourth-order valence-corrected chi connectivity index (χ4v) is 2.76. The van der Waals surface area contributed by atoms with Crippen molar-refractivity contribution in [3.8, 4) is 0 Å². The van der Waals surface area contributed by atoms with Gasteiger partial charge in [0.25, 0.3) is 0 Å². The largest absolute Gasteiger partial charge is 0.453 e. The van der Waals surface area contributed by atoms with E-state index in [9.17, 15) is 31.1 Å². The van der Waals surface area contributed by atoms with Crippen LogP contribution in [0.2, 0.25) is 0 Å². The predicted octanol–water partition coefficient (Wildman–Crippen LogP) is 3.43. The number of nitrogens with zero attached hydrogens (tertiary/aromatic N) is 1. The number of ether oxygens (including phenoxy) is 1. The Bertz CT molecular complexity index is 367. The highest BCUT2D eigenvalue weighted by Crippen LogP contribution is 2.52. The Hall–Kier alpha value is -0.510. The molecule has 0 radical (unpaired) electrons. The summed E-state index contributed by atoms with van der Waals surface area (Å²) in [4.78, 5) is 11.5. The number of hydrogen-bond acceptors (Lipinski definition) is 3. The number of hydrogen-bond donors (Lipinski definition) is 0. The summed E-state index contributed by atoms with van der Waals surface area (Å²) < 4.78 is 81.6. The second-order valence-corrected chi connectivity index (χ2v) is 5.30. The molecule has 1 aliphatic heterocycles. The molecule has 1 rings (SSSR count). The van der Waals surface area contributed by atoms with Gasteiger partial charge in [0, 0.05) is 0 Å². The van der Waals surface area contributed by atoms with Crippen molar-refractivity contribution in [2.24, 2.45) is 5.92 Å². The number of rotatable bonds is 3. The highest BCUT2D eigenvalue weighted by molar-refractivity contribution is 9.09. The Morgan fingerprint density at radius 3 is 2.00 bits per heavy atom. The Kier molecular flexibility index (Phi) is 4.70. The molecule has 0 amide bonds. The van der Waals surface area contributed by atoms with Crippen LogP contribution >= 0.6 is 15.9 Å². The second kappa shape index (κ2) is 5.36. The van der Waals surface area contributed by atoms with Gasteiger partial charge in [-0.25, -0.2) is 4.90 Å². The lowest BCUT2D eigenvalue weighted by Gasteiger charge is -2.38. The van der Waals surface area contributed by atoms with Gasteiger partial charge in [0.15, 0.2) is 0 Å². The molecule has 0 aliphatic carbocycles. The van der Waals surface area contributed by atoms with Gasteiger partial charge in [-0.1, -0.05) is 29.8 Å². The zero-order valence-electron chi connectivity index (χ0n) is 10.5. The van der Waals surface area contributed by atoms with E-state index in [1.807, 2.05) is 0 Å². The van der Waals surface area contributed by atoms with Crippen LogP contribution in [0.5, 0.6) is 0 Å². The third-order valence-corrected chi connectivity index (χ3v) is 3.43. The van der Waals surface area contributed by atoms with Crippen LogP contribution in [0.1, 0.15) is 20.3 Å². The van der Waals surface area contributed by atoms with Crippen molar-refractivity contribution in [3.05, 3.63) is 0 Å². The number of halogens is 7. The minimum absolute atomic E-state index is 0.0324. The zero-order chi connectivity index (χ0) is 15.9. The first-order chi connectivity index (χ1) is 8.88. The Morgan fingerprint density at radius 2 is 1.70 bits per heavy atom. The standard InChI is InChI=1S/C10H12BrF6NO2/c1-5(2)3-6-7(19)20-8(9(12,13)14,10(15,16)17)18(6)4-11/h5-6H,3-4H2,1-2H3/t6-/m0/s1. The average molecular weight is 372 g/mol. The summed E-state index contributed by atoms with van der Waals surface area (Å²) in [5, 5.41) is 0. The molecule has 1 heterocycles. The van der Waals surface area contributed by atoms with Crippen molar-refractivity contribution >= 4 is 21.9 Å². The number of esters is 1. The summed E-state index contributed by atoms with van der Waals surface area (Å²) in [5.74, 6) is -1.79. The molecule has 10 heteroatoms. The Morgan fingerprint density at radius 1 is 1.25 bits per heavy atom. The molecule has 118 valence electrons. The number of cyclic esters (lactones) is 1. The minimum atomic E-state index is -5.79. The SMILES string of the molecule is CC(C)C[C@H]1C(=O)OC(C(F)(F)F)(C(F)(F)F)N1CBr. The van der Waals surface area contributed by atoms with E-state index >= 15 is 0 Å². The van der Waals surface area contributed by atoms with E-state index in [0.717, 1.165) is 0 Å². The molecule has 20 heavy (non-hydrogen) atoms. The molecule has 0 N–H and O–H groups in total. The summed E-state index contributed by atoms with van der Waals surface area (Å²) >= 11 is 2.59. The third-order valence-electron chi connectivity index (χ3n) is 2.89. The highest BCUT2D eigenvalue weighted by atomic mass is 79.9. The van der Waals surface area contributed by atoms with E-state index in [1.165, 1.54) is 0 Å². The normalized spacial score (nSPS) is 24.3. The molecule has 1 atom stereocenters. The quantitative estimate of drug-likeness (QED) is 0.329. The molecular formula is C10H12BrF6NO2. The van der Waals surface area contributed by atoms with Crippen LogP contribution in [-0.4, -0.2) is 40.4 Å². The topological polar surface area (TPSA) is 29.5 Å². The van der Waals surface area contributed by atoms with Gasteiger partial charge in [-0.2, -0.15) is 26.3 Å². The van der Waals surface area contributed by atoms with Crippen LogP contribution in [0.15, 0.2) is 0 Å². The lowest BCUT2D eigenvalue weighted by molar-refractivity contribution is -0.399. The monoisotopic (exact) mass is 371 g/mol. The van der Waals surface area contributed by atoms with E-state index in [2.05, 4.69) is 20.7 Å². The molecule has 0 saturated carbocycles. The smallest absolute Gasteiger partial charge is 0.423 e. The van der Waals surface area contributed by atoms with Crippen LogP contribution in [-0.2, 0) is 9.53 Å². The van der Waals surface area contributed by atoms with Crippen molar-refractivity contribution in [1.82, 2.24) is 4.90 Å². The number of carbonyl (C=O) groups is 1. The third kappa shape index (κ3) is 2.63. The lowest BCUT2D eigenvalue weighted by atomic mass is 10.0. The van der Waals surface area contributed by atoms with Crippen LogP contribution in [0, 0.1) is 5.92 Å². The van der Waals surface area contributed by atoms with Gasteiger partial charge in [0.1, 0.15) is 6.04 Å². The maximum atomic E-state index is 13.0. The van der Waals surface area contributed by atoms with E-state index < -0.39 is 35.5 Å². The van der Waals surface area contributed by atoms with Crippen molar-refractivity contribution in [1.29, 1.82) is 0 Å². The van der Waals surface area contributed by atoms with Crippen molar-refractivity contribution in [2.45, 2.75) is 44.4 Å². The molecule has 0 bridgehead atoms. The molecule has 0 spiro atoms. The van der Waals surface area contributed by atoms with Gasteiger partial charge in [-0.3, -0.25) is 4.79 Å². The Labute approximate surface area is 119 Å². The molecule has 0 aromatic heterocycles. The van der Waals surface area contributed by atoms with Crippen LogP contribution in [0.25, 0.3) is 0 Å². The number of alkyl halides is 7. The first-order valence-electron chi connectivity index (χ1n) is 5.57. The summed E-state index contributed by atoms with van der Waals surface area (Å²) in [6.07, 6.45) is -11.8. The maximum absolute atomic E-state index is 13.0. The van der Waals surface area contributed by atoms with Crippen LogP contribution < -0.4 is 0 Å². The summed E-state index contributed by atoms with van der Waals surface area (Å²) in [6, 6.07) is -1.60. The average Bonchev–Trinajstić information content (AvgIpc) is 2.50. The zero-order valence-corrected chi connectivity index (χ0v) is 12.1. The van der Waals surface area contributed by atoms with Crippen LogP contribution in [0.4, 0.5) is 26.3 Å². The fourth-order valence-electron chi connectivity index (χ4n) is 2.06. The van der Waals surface area contributed by atoms with Crippen molar-refractivity contribution < 1.29 is 35.9 Å². The highest BCUT2D eigenvalue weighted by Gasteiger charge is 2.81. The molecule has 1 fully saturated rings. The Balaban J connectivity index is 3.36. The minimum Gasteiger partial charge on any atom is -0.423 e. The van der Waals surface area contributed by atoms with Gasteiger partial charge in [-0.15, -0.1) is 0 Å². The molecule has 1 aliphatic rings. The predicted molar refractivity (Wildman–Crippen MR) is 59.8 cm³/mol. The summed E-state index contributed by atoms with van der Waals surface area (Å²) in [7, 11) is 0. The first-order valence-corrected chi connectivity index (χ1v) is 6.69. The fraction of sp³-hybridized carbons (Fsp3) is 0.900. The summed E-state index contributed by atoms with van der Waals surface area (Å²) in [6.45, 7) is 3.17. The van der Waals surface area contributed by atoms with Crippen LogP contribution in [0.3, 0.4) is 0 Å². The van der Waals surface area contributed by atoms with Gasteiger partial charge in [0.05, 0.1) is 5.45 Å². The lowest BCUT2D eigenvalue weighted by Crippen LogP contribution is -2.66. The van der Waals surface area contributed by atoms with E-state index in [4.69, 9.17) is 0 Å². The summed E-state index contributed by atoms with van der Waals surface area (Å²) in [5.41, 5.74) is -5.39. The number of carbonyl (C=O) groups excluding carboxylic acids is 1. The first kappa shape index (κ1) is 17.5. The molecule has 0 aromatic rings. The maximum Gasteiger partial charge on any atom is 0.453 e. The molecule has 1 saturated heterocycles. The van der Waals surface area contributed by atoms with Crippen molar-refractivity contribution in [2.75, 3.05) is 5.45 Å². The van der Waals surface area contributed by atoms with E-state index in [0.29, 0.717) is 0 Å². The van der Waals surface area contributed by atoms with Gasteiger partial charge in [0.2, 0.25) is 0 Å². The van der Waals surface area contributed by atoms with Gasteiger partial charge in [-0.05, 0) is 12.3 Å².